The number of para-hydroxylation sites is 2. The lowest BCUT2D eigenvalue weighted by molar-refractivity contribution is -0.114. The van der Waals surface area contributed by atoms with Crippen molar-refractivity contribution in [2.24, 2.45) is 0 Å². The summed E-state index contributed by atoms with van der Waals surface area (Å²) >= 11 is 0. The van der Waals surface area contributed by atoms with Gasteiger partial charge in [0.2, 0.25) is 5.91 Å². The smallest absolute Gasteiger partial charge is 0.339 e. The van der Waals surface area contributed by atoms with Crippen molar-refractivity contribution in [2.45, 2.75) is 18.7 Å². The summed E-state index contributed by atoms with van der Waals surface area (Å²) in [6.07, 6.45) is 0. The minimum absolute atomic E-state index is 0.0126. The molecule has 1 amide bonds. The molecule has 22 heavy (non-hydrogen) atoms. The number of hydrogen-bond acceptors (Lipinski definition) is 4. The van der Waals surface area contributed by atoms with Gasteiger partial charge in [-0.3, -0.25) is 4.79 Å². The van der Waals surface area contributed by atoms with E-state index < -0.39 is 15.9 Å². The van der Waals surface area contributed by atoms with Crippen molar-refractivity contribution in [3.63, 3.8) is 0 Å². The van der Waals surface area contributed by atoms with Crippen molar-refractivity contribution in [3.8, 4) is 5.75 Å². The van der Waals surface area contributed by atoms with E-state index in [1.165, 1.54) is 26.0 Å². The zero-order chi connectivity index (χ0) is 16.3. The Bertz CT molecular complexity index is 818. The third kappa shape index (κ3) is 3.62. The number of carbonyl (C=O) groups excluding carboxylic acids is 1. The van der Waals surface area contributed by atoms with Gasteiger partial charge in [0.05, 0.1) is 5.69 Å². The van der Waals surface area contributed by atoms with Crippen LogP contribution in [-0.4, -0.2) is 14.3 Å². The van der Waals surface area contributed by atoms with E-state index in [4.69, 9.17) is 4.18 Å². The fourth-order valence-electron chi connectivity index (χ4n) is 1.89. The van der Waals surface area contributed by atoms with Crippen LogP contribution < -0.4 is 9.50 Å². The van der Waals surface area contributed by atoms with Gasteiger partial charge in [-0.1, -0.05) is 12.1 Å². The molecule has 0 unspecified atom stereocenters. The third-order valence-corrected chi connectivity index (χ3v) is 4.20. The molecule has 0 aliphatic heterocycles. The Kier molecular flexibility index (Phi) is 4.46. The van der Waals surface area contributed by atoms with E-state index in [9.17, 15) is 17.6 Å². The zero-order valence-electron chi connectivity index (χ0n) is 12.0. The molecule has 0 spiro atoms. The zero-order valence-corrected chi connectivity index (χ0v) is 12.8. The summed E-state index contributed by atoms with van der Waals surface area (Å²) in [4.78, 5) is 11.0. The van der Waals surface area contributed by atoms with Crippen LogP contribution in [-0.2, 0) is 14.9 Å². The molecule has 2 aromatic carbocycles. The van der Waals surface area contributed by atoms with Gasteiger partial charge in [0, 0.05) is 6.92 Å². The van der Waals surface area contributed by atoms with Crippen LogP contribution in [0.3, 0.4) is 0 Å². The normalized spacial score (nSPS) is 11.0. The summed E-state index contributed by atoms with van der Waals surface area (Å²) in [7, 11) is -4.14. The first kappa shape index (κ1) is 16.0. The predicted molar refractivity (Wildman–Crippen MR) is 79.7 cm³/mol. The van der Waals surface area contributed by atoms with Gasteiger partial charge < -0.3 is 9.50 Å². The first-order valence-electron chi connectivity index (χ1n) is 6.37. The fourth-order valence-corrected chi connectivity index (χ4v) is 3.05. The molecule has 0 fully saturated rings. The molecule has 2 aromatic rings. The molecule has 116 valence electrons. The number of hydrogen-bond donors (Lipinski definition) is 1. The molecule has 0 heterocycles. The second-order valence-electron chi connectivity index (χ2n) is 4.62. The lowest BCUT2D eigenvalue weighted by Crippen LogP contribution is -2.14. The Morgan fingerprint density at radius 3 is 2.50 bits per heavy atom. The Morgan fingerprint density at radius 2 is 1.86 bits per heavy atom. The van der Waals surface area contributed by atoms with Gasteiger partial charge in [0.25, 0.3) is 0 Å². The highest BCUT2D eigenvalue weighted by atomic mass is 32.2. The maximum atomic E-state index is 13.1. The monoisotopic (exact) mass is 323 g/mol. The highest BCUT2D eigenvalue weighted by molar-refractivity contribution is 7.87. The molecule has 0 aliphatic rings. The summed E-state index contributed by atoms with van der Waals surface area (Å²) in [5.41, 5.74) is 0.468. The fraction of sp³-hybridized carbons (Fsp3) is 0.133. The molecule has 1 N–H and O–H groups in total. The van der Waals surface area contributed by atoms with Crippen molar-refractivity contribution >= 4 is 21.7 Å². The number of benzene rings is 2. The number of halogens is 1. The average molecular weight is 323 g/mol. The second kappa shape index (κ2) is 6.15. The van der Waals surface area contributed by atoms with Gasteiger partial charge in [-0.05, 0) is 42.8 Å². The van der Waals surface area contributed by atoms with E-state index in [-0.39, 0.29) is 27.8 Å². The molecule has 0 aliphatic carbocycles. The largest absolute Gasteiger partial charge is 0.377 e. The van der Waals surface area contributed by atoms with Crippen LogP contribution in [0.25, 0.3) is 0 Å². The van der Waals surface area contributed by atoms with E-state index in [0.717, 1.165) is 18.2 Å². The van der Waals surface area contributed by atoms with Gasteiger partial charge in [-0.25, -0.2) is 4.39 Å². The molecular formula is C15H14FNO4S. The topological polar surface area (TPSA) is 72.5 Å². The van der Waals surface area contributed by atoms with Gasteiger partial charge in [-0.15, -0.1) is 0 Å². The van der Waals surface area contributed by atoms with Crippen molar-refractivity contribution in [3.05, 3.63) is 53.8 Å². The molecule has 0 saturated heterocycles. The number of rotatable bonds is 4. The lowest BCUT2D eigenvalue weighted by atomic mass is 10.2. The molecule has 7 heteroatoms. The lowest BCUT2D eigenvalue weighted by Gasteiger charge is -2.12. The minimum atomic E-state index is -4.14. The molecule has 0 saturated carbocycles. The SMILES string of the molecule is CC(=O)Nc1ccccc1OS(=O)(=O)c1ccc(F)cc1C. The van der Waals surface area contributed by atoms with Crippen LogP contribution in [0.5, 0.6) is 5.75 Å². The van der Waals surface area contributed by atoms with E-state index in [0.29, 0.717) is 0 Å². The Hall–Kier alpha value is -2.41. The van der Waals surface area contributed by atoms with Gasteiger partial charge in [0.1, 0.15) is 10.7 Å². The summed E-state index contributed by atoms with van der Waals surface area (Å²) in [6, 6.07) is 9.44. The third-order valence-electron chi connectivity index (χ3n) is 2.80. The van der Waals surface area contributed by atoms with Crippen LogP contribution in [0.15, 0.2) is 47.4 Å². The Balaban J connectivity index is 2.39. The molecule has 2 rings (SSSR count). The van der Waals surface area contributed by atoms with Crippen molar-refractivity contribution < 1.29 is 21.8 Å². The Labute approximate surface area is 127 Å². The van der Waals surface area contributed by atoms with Crippen LogP contribution in [0, 0.1) is 12.7 Å². The van der Waals surface area contributed by atoms with Crippen molar-refractivity contribution in [1.29, 1.82) is 0 Å². The number of amides is 1. The number of nitrogens with one attached hydrogen (secondary N) is 1. The quantitative estimate of drug-likeness (QED) is 0.878. The second-order valence-corrected chi connectivity index (χ2v) is 6.14. The van der Waals surface area contributed by atoms with E-state index in [2.05, 4.69) is 5.32 Å². The van der Waals surface area contributed by atoms with Crippen molar-refractivity contribution in [1.82, 2.24) is 0 Å². The molecule has 0 bridgehead atoms. The van der Waals surface area contributed by atoms with Crippen molar-refractivity contribution in [2.75, 3.05) is 5.32 Å². The average Bonchev–Trinajstić information content (AvgIpc) is 2.39. The molecule has 0 atom stereocenters. The number of carbonyl (C=O) groups is 1. The van der Waals surface area contributed by atoms with E-state index in [1.54, 1.807) is 12.1 Å². The van der Waals surface area contributed by atoms with Gasteiger partial charge in [0.15, 0.2) is 5.75 Å². The first-order chi connectivity index (χ1) is 10.3. The molecule has 0 aromatic heterocycles. The van der Waals surface area contributed by atoms with Crippen LogP contribution in [0.4, 0.5) is 10.1 Å². The van der Waals surface area contributed by atoms with Gasteiger partial charge >= 0.3 is 10.1 Å². The predicted octanol–water partition coefficient (Wildman–Crippen LogP) is 2.86. The standard InChI is InChI=1S/C15H14FNO4S/c1-10-9-12(16)7-8-15(10)22(19,20)21-14-6-4-3-5-13(14)17-11(2)18/h3-9H,1-2H3,(H,17,18). The summed E-state index contributed by atoms with van der Waals surface area (Å²) in [5.74, 6) is -0.900. The van der Waals surface area contributed by atoms with E-state index >= 15 is 0 Å². The first-order valence-corrected chi connectivity index (χ1v) is 7.77. The summed E-state index contributed by atoms with van der Waals surface area (Å²) in [5, 5.41) is 2.48. The highest BCUT2D eigenvalue weighted by Crippen LogP contribution is 2.28. The van der Waals surface area contributed by atoms with E-state index in [1.807, 2.05) is 0 Å². The van der Waals surface area contributed by atoms with Crippen LogP contribution in [0.1, 0.15) is 12.5 Å². The minimum Gasteiger partial charge on any atom is -0.377 e. The molecule has 0 radical (unpaired) electrons. The highest BCUT2D eigenvalue weighted by Gasteiger charge is 2.21. The number of anilines is 1. The summed E-state index contributed by atoms with van der Waals surface area (Å²) < 4.78 is 42.8. The number of aryl methyl sites for hydroxylation is 1. The maximum Gasteiger partial charge on any atom is 0.339 e. The maximum absolute atomic E-state index is 13.1. The molecular weight excluding hydrogens is 309 g/mol. The Morgan fingerprint density at radius 1 is 1.18 bits per heavy atom. The van der Waals surface area contributed by atoms with Crippen LogP contribution >= 0.6 is 0 Å². The van der Waals surface area contributed by atoms with Gasteiger partial charge in [-0.2, -0.15) is 8.42 Å². The summed E-state index contributed by atoms with van der Waals surface area (Å²) in [6.45, 7) is 2.77. The molecule has 5 nitrogen and oxygen atoms in total. The van der Waals surface area contributed by atoms with Crippen LogP contribution in [0.2, 0.25) is 0 Å².